The molecule has 1 aromatic carbocycles. The zero-order valence-corrected chi connectivity index (χ0v) is 13.5. The molecule has 0 atom stereocenters. The molecule has 118 valence electrons. The van der Waals surface area contributed by atoms with Crippen LogP contribution < -0.4 is 4.90 Å². The van der Waals surface area contributed by atoms with Crippen molar-refractivity contribution in [2.24, 2.45) is 0 Å². The molecule has 22 heavy (non-hydrogen) atoms. The Kier molecular flexibility index (Phi) is 5.05. The third-order valence-corrected chi connectivity index (χ3v) is 3.35. The van der Waals surface area contributed by atoms with Crippen LogP contribution in [0.15, 0.2) is 18.2 Å². The quantitative estimate of drug-likeness (QED) is 0.787. The van der Waals surface area contributed by atoms with Crippen molar-refractivity contribution in [2.45, 2.75) is 20.0 Å². The third-order valence-electron chi connectivity index (χ3n) is 2.91. The molecule has 0 bridgehead atoms. The SMILES string of the molecule is CC(C)OCC(=O)N1CC(=O)N(c2cc(Cl)cc(Cl)c2)C1=O. The number of anilines is 1. The van der Waals surface area contributed by atoms with Crippen LogP contribution in [-0.4, -0.2) is 42.0 Å². The summed E-state index contributed by atoms with van der Waals surface area (Å²) in [5, 5.41) is 0.576. The van der Waals surface area contributed by atoms with Gasteiger partial charge in [0.2, 0.25) is 0 Å². The van der Waals surface area contributed by atoms with Crippen molar-refractivity contribution in [3.63, 3.8) is 0 Å². The Balaban J connectivity index is 2.20. The molecule has 1 aromatic rings. The van der Waals surface area contributed by atoms with Crippen LogP contribution in [0.5, 0.6) is 0 Å². The van der Waals surface area contributed by atoms with Crippen molar-refractivity contribution in [1.82, 2.24) is 4.90 Å². The van der Waals surface area contributed by atoms with Gasteiger partial charge in [-0.25, -0.2) is 9.69 Å². The van der Waals surface area contributed by atoms with Gasteiger partial charge in [-0.2, -0.15) is 0 Å². The molecule has 1 fully saturated rings. The van der Waals surface area contributed by atoms with Gasteiger partial charge in [0.25, 0.3) is 11.8 Å². The Morgan fingerprint density at radius 1 is 1.23 bits per heavy atom. The lowest BCUT2D eigenvalue weighted by Crippen LogP contribution is -2.39. The Bertz CT molecular complexity index is 613. The van der Waals surface area contributed by atoms with E-state index in [0.717, 1.165) is 9.80 Å². The summed E-state index contributed by atoms with van der Waals surface area (Å²) in [5.41, 5.74) is 0.229. The van der Waals surface area contributed by atoms with Gasteiger partial charge in [-0.15, -0.1) is 0 Å². The predicted molar refractivity (Wildman–Crippen MR) is 82.1 cm³/mol. The molecule has 1 saturated heterocycles. The van der Waals surface area contributed by atoms with E-state index in [1.165, 1.54) is 18.2 Å². The van der Waals surface area contributed by atoms with E-state index in [2.05, 4.69) is 0 Å². The highest BCUT2D eigenvalue weighted by Crippen LogP contribution is 2.28. The molecule has 0 aliphatic carbocycles. The highest BCUT2D eigenvalue weighted by molar-refractivity contribution is 6.35. The minimum absolute atomic E-state index is 0.153. The molecule has 4 amide bonds. The van der Waals surface area contributed by atoms with E-state index in [0.29, 0.717) is 0 Å². The smallest absolute Gasteiger partial charge is 0.338 e. The predicted octanol–water partition coefficient (Wildman–Crippen LogP) is 2.71. The molecule has 6 nitrogen and oxygen atoms in total. The summed E-state index contributed by atoms with van der Waals surface area (Å²) in [6.45, 7) is 2.94. The lowest BCUT2D eigenvalue weighted by Gasteiger charge is -2.17. The molecular weight excluding hydrogens is 331 g/mol. The fourth-order valence-electron chi connectivity index (χ4n) is 1.93. The van der Waals surface area contributed by atoms with Gasteiger partial charge < -0.3 is 4.74 Å². The molecule has 0 saturated carbocycles. The molecule has 0 radical (unpaired) electrons. The first-order chi connectivity index (χ1) is 10.3. The Labute approximate surface area is 137 Å². The number of urea groups is 1. The molecule has 1 aliphatic heterocycles. The summed E-state index contributed by atoms with van der Waals surface area (Å²) in [7, 11) is 0. The number of nitrogens with zero attached hydrogens (tertiary/aromatic N) is 2. The van der Waals surface area contributed by atoms with Crippen molar-refractivity contribution < 1.29 is 19.1 Å². The zero-order chi connectivity index (χ0) is 16.4. The van der Waals surface area contributed by atoms with Gasteiger partial charge in [0.1, 0.15) is 13.2 Å². The van der Waals surface area contributed by atoms with Crippen LogP contribution in [0.2, 0.25) is 10.0 Å². The maximum Gasteiger partial charge on any atom is 0.338 e. The molecular formula is C14H14Cl2N2O4. The Morgan fingerprint density at radius 2 is 1.82 bits per heavy atom. The summed E-state index contributed by atoms with van der Waals surface area (Å²) in [6.07, 6.45) is -0.153. The largest absolute Gasteiger partial charge is 0.369 e. The average molecular weight is 345 g/mol. The fourth-order valence-corrected chi connectivity index (χ4v) is 2.45. The summed E-state index contributed by atoms with van der Waals surface area (Å²) >= 11 is 11.7. The summed E-state index contributed by atoms with van der Waals surface area (Å²) < 4.78 is 5.16. The number of carbonyl (C=O) groups excluding carboxylic acids is 3. The molecule has 2 rings (SSSR count). The van der Waals surface area contributed by atoms with Crippen molar-refractivity contribution >= 4 is 46.7 Å². The second kappa shape index (κ2) is 6.64. The van der Waals surface area contributed by atoms with E-state index in [-0.39, 0.29) is 35.0 Å². The lowest BCUT2D eigenvalue weighted by atomic mass is 10.3. The van der Waals surface area contributed by atoms with Crippen LogP contribution in [-0.2, 0) is 14.3 Å². The zero-order valence-electron chi connectivity index (χ0n) is 12.0. The normalized spacial score (nSPS) is 15.1. The molecule has 8 heteroatoms. The summed E-state index contributed by atoms with van der Waals surface area (Å²) in [5.74, 6) is -1.09. The lowest BCUT2D eigenvalue weighted by molar-refractivity contribution is -0.135. The Morgan fingerprint density at radius 3 is 2.36 bits per heavy atom. The monoisotopic (exact) mass is 344 g/mol. The average Bonchev–Trinajstić information content (AvgIpc) is 2.70. The van der Waals surface area contributed by atoms with Crippen LogP contribution >= 0.6 is 23.2 Å². The second-order valence-electron chi connectivity index (χ2n) is 4.98. The number of hydrogen-bond acceptors (Lipinski definition) is 4. The number of hydrogen-bond donors (Lipinski definition) is 0. The first kappa shape index (κ1) is 16.7. The molecule has 0 aromatic heterocycles. The molecule has 0 spiro atoms. The molecule has 1 aliphatic rings. The van der Waals surface area contributed by atoms with E-state index in [4.69, 9.17) is 27.9 Å². The van der Waals surface area contributed by atoms with Gasteiger partial charge in [0.05, 0.1) is 11.8 Å². The molecule has 0 unspecified atom stereocenters. The molecule has 0 N–H and O–H groups in total. The van der Waals surface area contributed by atoms with E-state index in [1.807, 2.05) is 0 Å². The number of ether oxygens (including phenoxy) is 1. The minimum atomic E-state index is -0.735. The van der Waals surface area contributed by atoms with Gasteiger partial charge in [-0.1, -0.05) is 23.2 Å². The maximum atomic E-state index is 12.3. The van der Waals surface area contributed by atoms with Gasteiger partial charge >= 0.3 is 6.03 Å². The van der Waals surface area contributed by atoms with E-state index < -0.39 is 17.8 Å². The van der Waals surface area contributed by atoms with Crippen molar-refractivity contribution in [1.29, 1.82) is 0 Å². The van der Waals surface area contributed by atoms with Gasteiger partial charge in [0.15, 0.2) is 0 Å². The highest BCUT2D eigenvalue weighted by atomic mass is 35.5. The van der Waals surface area contributed by atoms with E-state index in [9.17, 15) is 14.4 Å². The number of carbonyl (C=O) groups is 3. The van der Waals surface area contributed by atoms with Gasteiger partial charge in [-0.3, -0.25) is 14.5 Å². The van der Waals surface area contributed by atoms with Crippen LogP contribution in [0, 0.1) is 0 Å². The number of rotatable bonds is 4. The van der Waals surface area contributed by atoms with Crippen LogP contribution in [0.1, 0.15) is 13.8 Å². The van der Waals surface area contributed by atoms with E-state index >= 15 is 0 Å². The van der Waals surface area contributed by atoms with Crippen molar-refractivity contribution in [3.05, 3.63) is 28.2 Å². The van der Waals surface area contributed by atoms with Gasteiger partial charge in [-0.05, 0) is 32.0 Å². The van der Waals surface area contributed by atoms with Crippen LogP contribution in [0.3, 0.4) is 0 Å². The van der Waals surface area contributed by atoms with Crippen LogP contribution in [0.4, 0.5) is 10.5 Å². The first-order valence-corrected chi connectivity index (χ1v) is 7.30. The summed E-state index contributed by atoms with van der Waals surface area (Å²) in [6, 6.07) is 3.61. The van der Waals surface area contributed by atoms with Crippen molar-refractivity contribution in [3.8, 4) is 0 Å². The topological polar surface area (TPSA) is 66.9 Å². The van der Waals surface area contributed by atoms with Crippen LogP contribution in [0.25, 0.3) is 0 Å². The third kappa shape index (κ3) is 3.58. The molecule has 1 heterocycles. The van der Waals surface area contributed by atoms with Crippen molar-refractivity contribution in [2.75, 3.05) is 18.1 Å². The fraction of sp³-hybridized carbons (Fsp3) is 0.357. The minimum Gasteiger partial charge on any atom is -0.369 e. The standard InChI is InChI=1S/C14H14Cl2N2O4/c1-8(2)22-7-13(20)17-6-12(19)18(14(17)21)11-4-9(15)3-10(16)5-11/h3-5,8H,6-7H2,1-2H3. The Hall–Kier alpha value is -1.63. The number of halogens is 2. The summed E-state index contributed by atoms with van der Waals surface area (Å²) in [4.78, 5) is 38.0. The second-order valence-corrected chi connectivity index (χ2v) is 5.85. The number of benzene rings is 1. The highest BCUT2D eigenvalue weighted by Gasteiger charge is 2.40. The maximum absolute atomic E-state index is 12.3. The first-order valence-electron chi connectivity index (χ1n) is 6.54. The number of amides is 4. The van der Waals surface area contributed by atoms with Gasteiger partial charge in [0, 0.05) is 10.0 Å². The van der Waals surface area contributed by atoms with E-state index in [1.54, 1.807) is 13.8 Å². The number of imide groups is 2.